The van der Waals surface area contributed by atoms with Crippen LogP contribution in [0.4, 0.5) is 15.8 Å². The van der Waals surface area contributed by atoms with Gasteiger partial charge in [-0.25, -0.2) is 4.39 Å². The van der Waals surface area contributed by atoms with Crippen molar-refractivity contribution in [2.45, 2.75) is 13.3 Å². The van der Waals surface area contributed by atoms with E-state index < -0.39 is 5.82 Å². The van der Waals surface area contributed by atoms with Gasteiger partial charge in [-0.3, -0.25) is 9.59 Å². The number of nitrogens with one attached hydrogen (secondary N) is 2. The van der Waals surface area contributed by atoms with Crippen LogP contribution in [0.5, 0.6) is 5.75 Å². The molecule has 0 radical (unpaired) electrons. The lowest BCUT2D eigenvalue weighted by Gasteiger charge is -2.13. The molecule has 142 valence electrons. The average molecular weight is 372 g/mol. The van der Waals surface area contributed by atoms with Crippen molar-refractivity contribution in [1.29, 1.82) is 0 Å². The SMILES string of the molecule is COc1cc(NC(=O)c2ccc(C)c(NC(=O)C3CCOC3)c2)ccc1F. The predicted molar refractivity (Wildman–Crippen MR) is 99.6 cm³/mol. The molecule has 0 aromatic heterocycles. The van der Waals surface area contributed by atoms with Crippen molar-refractivity contribution in [2.24, 2.45) is 5.92 Å². The molecule has 2 N–H and O–H groups in total. The zero-order valence-corrected chi connectivity index (χ0v) is 15.2. The smallest absolute Gasteiger partial charge is 0.255 e. The molecule has 6 nitrogen and oxygen atoms in total. The molecule has 7 heteroatoms. The van der Waals surface area contributed by atoms with E-state index in [4.69, 9.17) is 9.47 Å². The number of carbonyl (C=O) groups excluding carboxylic acids is 2. The molecule has 0 spiro atoms. The van der Waals surface area contributed by atoms with Gasteiger partial charge in [-0.1, -0.05) is 6.07 Å². The van der Waals surface area contributed by atoms with Gasteiger partial charge in [0.2, 0.25) is 5.91 Å². The Morgan fingerprint density at radius 1 is 1.19 bits per heavy atom. The Morgan fingerprint density at radius 3 is 2.70 bits per heavy atom. The van der Waals surface area contributed by atoms with Gasteiger partial charge in [0.25, 0.3) is 5.91 Å². The van der Waals surface area contributed by atoms with Gasteiger partial charge in [0.1, 0.15) is 0 Å². The van der Waals surface area contributed by atoms with E-state index >= 15 is 0 Å². The minimum atomic E-state index is -0.508. The predicted octanol–water partition coefficient (Wildman–Crippen LogP) is 3.37. The Hall–Kier alpha value is -2.93. The number of halogens is 1. The summed E-state index contributed by atoms with van der Waals surface area (Å²) in [5, 5.41) is 5.57. The van der Waals surface area contributed by atoms with E-state index in [0.29, 0.717) is 36.6 Å². The molecule has 1 aliphatic heterocycles. The molecule has 27 heavy (non-hydrogen) atoms. The van der Waals surface area contributed by atoms with Crippen molar-refractivity contribution in [3.05, 3.63) is 53.3 Å². The fourth-order valence-electron chi connectivity index (χ4n) is 2.81. The summed E-state index contributed by atoms with van der Waals surface area (Å²) in [6.07, 6.45) is 0.692. The first-order chi connectivity index (χ1) is 13.0. The number of ether oxygens (including phenoxy) is 2. The first kappa shape index (κ1) is 18.8. The lowest BCUT2D eigenvalue weighted by molar-refractivity contribution is -0.119. The number of amides is 2. The molecule has 3 rings (SSSR count). The highest BCUT2D eigenvalue weighted by atomic mass is 19.1. The molecule has 1 unspecified atom stereocenters. The molecule has 2 amide bonds. The van der Waals surface area contributed by atoms with E-state index in [1.807, 2.05) is 6.92 Å². The van der Waals surface area contributed by atoms with E-state index in [1.54, 1.807) is 18.2 Å². The second-order valence-corrected chi connectivity index (χ2v) is 6.38. The second-order valence-electron chi connectivity index (χ2n) is 6.38. The maximum absolute atomic E-state index is 13.5. The zero-order valence-electron chi connectivity index (χ0n) is 15.2. The molecule has 1 aliphatic rings. The minimum Gasteiger partial charge on any atom is -0.494 e. The highest BCUT2D eigenvalue weighted by Crippen LogP contribution is 2.24. The third kappa shape index (κ3) is 4.43. The topological polar surface area (TPSA) is 76.7 Å². The first-order valence-corrected chi connectivity index (χ1v) is 8.62. The van der Waals surface area contributed by atoms with Gasteiger partial charge in [-0.2, -0.15) is 0 Å². The Kier molecular flexibility index (Phi) is 5.71. The Labute approximate surface area is 156 Å². The number of carbonyl (C=O) groups is 2. The van der Waals surface area contributed by atoms with Gasteiger partial charge in [-0.15, -0.1) is 0 Å². The summed E-state index contributed by atoms with van der Waals surface area (Å²) in [5.74, 6) is -1.12. The Morgan fingerprint density at radius 2 is 2.00 bits per heavy atom. The van der Waals surface area contributed by atoms with Gasteiger partial charge in [0.15, 0.2) is 11.6 Å². The van der Waals surface area contributed by atoms with E-state index in [1.165, 1.54) is 25.3 Å². The number of rotatable bonds is 5. The van der Waals surface area contributed by atoms with Crippen molar-refractivity contribution in [2.75, 3.05) is 31.0 Å². The van der Waals surface area contributed by atoms with Gasteiger partial charge in [-0.05, 0) is 43.2 Å². The number of methoxy groups -OCH3 is 1. The van der Waals surface area contributed by atoms with Crippen molar-refractivity contribution in [3.63, 3.8) is 0 Å². The van der Waals surface area contributed by atoms with Crippen molar-refractivity contribution in [1.82, 2.24) is 0 Å². The Balaban J connectivity index is 1.74. The van der Waals surface area contributed by atoms with Crippen LogP contribution in [0.1, 0.15) is 22.3 Å². The Bertz CT molecular complexity index is 863. The summed E-state index contributed by atoms with van der Waals surface area (Å²) < 4.78 is 23.6. The third-order valence-corrected chi connectivity index (χ3v) is 4.47. The molecule has 1 fully saturated rings. The molecule has 1 saturated heterocycles. The van der Waals surface area contributed by atoms with E-state index in [-0.39, 0.29) is 23.5 Å². The molecule has 1 atom stereocenters. The third-order valence-electron chi connectivity index (χ3n) is 4.47. The van der Waals surface area contributed by atoms with Crippen molar-refractivity contribution in [3.8, 4) is 5.75 Å². The summed E-state index contributed by atoms with van der Waals surface area (Å²) in [4.78, 5) is 24.8. The summed E-state index contributed by atoms with van der Waals surface area (Å²) in [6, 6.07) is 9.13. The molecule has 0 bridgehead atoms. The van der Waals surface area contributed by atoms with Gasteiger partial charge >= 0.3 is 0 Å². The van der Waals surface area contributed by atoms with Crippen LogP contribution < -0.4 is 15.4 Å². The molecular formula is C20H21FN2O4. The van der Waals surface area contributed by atoms with Crippen LogP contribution in [0.25, 0.3) is 0 Å². The fraction of sp³-hybridized carbons (Fsp3) is 0.300. The zero-order chi connectivity index (χ0) is 19.4. The van der Waals surface area contributed by atoms with Crippen LogP contribution in [0, 0.1) is 18.7 Å². The lowest BCUT2D eigenvalue weighted by Crippen LogP contribution is -2.23. The van der Waals surface area contributed by atoms with Gasteiger partial charge in [0, 0.05) is 29.6 Å². The highest BCUT2D eigenvalue weighted by Gasteiger charge is 2.24. The maximum atomic E-state index is 13.5. The van der Waals surface area contributed by atoms with Gasteiger partial charge < -0.3 is 20.1 Å². The quantitative estimate of drug-likeness (QED) is 0.844. The molecular weight excluding hydrogens is 351 g/mol. The van der Waals surface area contributed by atoms with Crippen LogP contribution in [0.15, 0.2) is 36.4 Å². The molecule has 0 saturated carbocycles. The molecule has 0 aliphatic carbocycles. The van der Waals surface area contributed by atoms with Crippen LogP contribution in [-0.2, 0) is 9.53 Å². The van der Waals surface area contributed by atoms with Crippen LogP contribution in [0.3, 0.4) is 0 Å². The number of hydrogen-bond donors (Lipinski definition) is 2. The van der Waals surface area contributed by atoms with Crippen molar-refractivity contribution < 1.29 is 23.5 Å². The minimum absolute atomic E-state index is 0.0449. The lowest BCUT2D eigenvalue weighted by atomic mass is 10.1. The van der Waals surface area contributed by atoms with Crippen LogP contribution >= 0.6 is 0 Å². The van der Waals surface area contributed by atoms with E-state index in [0.717, 1.165) is 5.56 Å². The second kappa shape index (κ2) is 8.18. The maximum Gasteiger partial charge on any atom is 0.255 e. The van der Waals surface area contributed by atoms with E-state index in [9.17, 15) is 14.0 Å². The van der Waals surface area contributed by atoms with Gasteiger partial charge in [0.05, 0.1) is 19.6 Å². The summed E-state index contributed by atoms with van der Waals surface area (Å²) in [6.45, 7) is 2.85. The summed E-state index contributed by atoms with van der Waals surface area (Å²) >= 11 is 0. The standard InChI is InChI=1S/C20H21FN2O4/c1-12-3-4-13(9-17(12)23-20(25)14-7-8-27-11-14)19(24)22-15-5-6-16(21)18(10-15)26-2/h3-6,9-10,14H,7-8,11H2,1-2H3,(H,22,24)(H,23,25). The first-order valence-electron chi connectivity index (χ1n) is 8.62. The average Bonchev–Trinajstić information content (AvgIpc) is 3.20. The largest absolute Gasteiger partial charge is 0.494 e. The number of hydrogen-bond acceptors (Lipinski definition) is 4. The number of anilines is 2. The van der Waals surface area contributed by atoms with E-state index in [2.05, 4.69) is 10.6 Å². The molecule has 2 aromatic carbocycles. The highest BCUT2D eigenvalue weighted by molar-refractivity contribution is 6.05. The summed E-state index contributed by atoms with van der Waals surface area (Å²) in [7, 11) is 1.36. The number of benzene rings is 2. The van der Waals surface area contributed by atoms with Crippen LogP contribution in [-0.4, -0.2) is 32.1 Å². The summed E-state index contributed by atoms with van der Waals surface area (Å²) in [5.41, 5.74) is 2.22. The normalized spacial score (nSPS) is 16.0. The van der Waals surface area contributed by atoms with Crippen LogP contribution in [0.2, 0.25) is 0 Å². The van der Waals surface area contributed by atoms with Crippen molar-refractivity contribution >= 4 is 23.2 Å². The number of aryl methyl sites for hydroxylation is 1. The molecule has 2 aromatic rings. The molecule has 1 heterocycles. The fourth-order valence-corrected chi connectivity index (χ4v) is 2.81. The monoisotopic (exact) mass is 372 g/mol.